The average Bonchev–Trinajstić information content (AvgIpc) is 1.85. The molecule has 0 radical (unpaired) electrons. The molecule has 0 saturated carbocycles. The minimum Gasteiger partial charge on any atom is -0.387 e. The van der Waals surface area contributed by atoms with E-state index in [1.165, 1.54) is 0 Å². The Morgan fingerprint density at radius 2 is 1.91 bits per heavy atom. The van der Waals surface area contributed by atoms with Crippen LogP contribution in [0.4, 0.5) is 0 Å². The summed E-state index contributed by atoms with van der Waals surface area (Å²) in [5, 5.41) is 0. The second kappa shape index (κ2) is 5.16. The Bertz CT molecular complexity index is 128. The fourth-order valence-electron chi connectivity index (χ4n) is 1.11. The molecule has 2 heteroatoms. The summed E-state index contributed by atoms with van der Waals surface area (Å²) in [5.41, 5.74) is 5.60. The van der Waals surface area contributed by atoms with Crippen molar-refractivity contribution >= 4 is 5.84 Å². The van der Waals surface area contributed by atoms with Gasteiger partial charge in [-0.1, -0.05) is 20.8 Å². The van der Waals surface area contributed by atoms with Crippen molar-refractivity contribution in [3.05, 3.63) is 0 Å². The fourth-order valence-corrected chi connectivity index (χ4v) is 1.11. The summed E-state index contributed by atoms with van der Waals surface area (Å²) < 4.78 is 0. The second-order valence-corrected chi connectivity index (χ2v) is 3.45. The van der Waals surface area contributed by atoms with Gasteiger partial charge >= 0.3 is 0 Å². The first-order chi connectivity index (χ1) is 5.06. The van der Waals surface area contributed by atoms with Gasteiger partial charge in [0.25, 0.3) is 0 Å². The summed E-state index contributed by atoms with van der Waals surface area (Å²) in [5.74, 6) is 1.48. The maximum absolute atomic E-state index is 5.60. The van der Waals surface area contributed by atoms with Crippen molar-refractivity contribution in [3.8, 4) is 0 Å². The number of amidine groups is 1. The molecule has 2 nitrogen and oxygen atoms in total. The predicted molar refractivity (Wildman–Crippen MR) is 50.8 cm³/mol. The van der Waals surface area contributed by atoms with Crippen molar-refractivity contribution in [2.24, 2.45) is 16.6 Å². The van der Waals surface area contributed by atoms with Crippen molar-refractivity contribution in [1.82, 2.24) is 0 Å². The van der Waals surface area contributed by atoms with Crippen LogP contribution in [0.1, 0.15) is 40.5 Å². The SMILES string of the molecule is CCC(N)=NC(C)CC(C)C. The van der Waals surface area contributed by atoms with Crippen LogP contribution in [0.3, 0.4) is 0 Å². The van der Waals surface area contributed by atoms with E-state index < -0.39 is 0 Å². The molecule has 0 aromatic rings. The van der Waals surface area contributed by atoms with Crippen LogP contribution in [-0.2, 0) is 0 Å². The zero-order valence-electron chi connectivity index (χ0n) is 8.09. The molecular weight excluding hydrogens is 136 g/mol. The molecule has 0 amide bonds. The van der Waals surface area contributed by atoms with E-state index >= 15 is 0 Å². The Kier molecular flexibility index (Phi) is 4.92. The summed E-state index contributed by atoms with van der Waals surface area (Å²) in [7, 11) is 0. The number of nitrogens with zero attached hydrogens (tertiary/aromatic N) is 1. The van der Waals surface area contributed by atoms with Gasteiger partial charge in [-0.2, -0.15) is 0 Å². The van der Waals surface area contributed by atoms with Gasteiger partial charge in [0, 0.05) is 12.5 Å². The fraction of sp³-hybridized carbons (Fsp3) is 0.889. The van der Waals surface area contributed by atoms with E-state index in [-0.39, 0.29) is 0 Å². The minimum atomic E-state index is 0.384. The van der Waals surface area contributed by atoms with Crippen LogP contribution in [-0.4, -0.2) is 11.9 Å². The molecule has 1 unspecified atom stereocenters. The summed E-state index contributed by atoms with van der Waals surface area (Å²) in [6.07, 6.45) is 1.99. The molecule has 0 rings (SSSR count). The largest absolute Gasteiger partial charge is 0.387 e. The molecule has 2 N–H and O–H groups in total. The van der Waals surface area contributed by atoms with Gasteiger partial charge in [-0.15, -0.1) is 0 Å². The molecule has 0 bridgehead atoms. The number of aliphatic imine (C=N–C) groups is 1. The lowest BCUT2D eigenvalue weighted by Gasteiger charge is -2.09. The maximum Gasteiger partial charge on any atom is 0.0937 e. The molecule has 0 heterocycles. The Labute approximate surface area is 69.9 Å². The van der Waals surface area contributed by atoms with Crippen LogP contribution in [0, 0.1) is 5.92 Å². The van der Waals surface area contributed by atoms with Gasteiger partial charge in [0.1, 0.15) is 0 Å². The monoisotopic (exact) mass is 156 g/mol. The molecule has 0 aliphatic heterocycles. The molecule has 0 fully saturated rings. The van der Waals surface area contributed by atoms with Crippen LogP contribution in [0.5, 0.6) is 0 Å². The van der Waals surface area contributed by atoms with Crippen molar-refractivity contribution < 1.29 is 0 Å². The molecule has 0 aromatic heterocycles. The van der Waals surface area contributed by atoms with E-state index in [1.807, 2.05) is 6.92 Å². The molecule has 0 aromatic carbocycles. The maximum atomic E-state index is 5.60. The predicted octanol–water partition coefficient (Wildman–Crippen LogP) is 2.19. The molecule has 0 spiro atoms. The van der Waals surface area contributed by atoms with Crippen LogP contribution in [0.15, 0.2) is 4.99 Å². The van der Waals surface area contributed by atoms with Crippen molar-refractivity contribution in [1.29, 1.82) is 0 Å². The van der Waals surface area contributed by atoms with Gasteiger partial charge in [-0.3, -0.25) is 4.99 Å². The number of nitrogens with two attached hydrogens (primary N) is 1. The van der Waals surface area contributed by atoms with E-state index in [0.717, 1.165) is 18.7 Å². The zero-order valence-corrected chi connectivity index (χ0v) is 8.09. The molecule has 66 valence electrons. The van der Waals surface area contributed by atoms with E-state index in [4.69, 9.17) is 5.73 Å². The van der Waals surface area contributed by atoms with Gasteiger partial charge in [-0.25, -0.2) is 0 Å². The topological polar surface area (TPSA) is 38.4 Å². The van der Waals surface area contributed by atoms with E-state index in [9.17, 15) is 0 Å². The average molecular weight is 156 g/mol. The van der Waals surface area contributed by atoms with Crippen LogP contribution in [0.25, 0.3) is 0 Å². The third-order valence-electron chi connectivity index (χ3n) is 1.56. The minimum absolute atomic E-state index is 0.384. The Morgan fingerprint density at radius 3 is 2.27 bits per heavy atom. The summed E-state index contributed by atoms with van der Waals surface area (Å²) in [6, 6.07) is 0.384. The van der Waals surface area contributed by atoms with E-state index in [0.29, 0.717) is 12.0 Å². The van der Waals surface area contributed by atoms with Crippen LogP contribution < -0.4 is 5.73 Å². The van der Waals surface area contributed by atoms with E-state index in [1.54, 1.807) is 0 Å². The highest BCUT2D eigenvalue weighted by Crippen LogP contribution is 2.07. The molecule has 0 saturated heterocycles. The second-order valence-electron chi connectivity index (χ2n) is 3.45. The van der Waals surface area contributed by atoms with Gasteiger partial charge in [0.2, 0.25) is 0 Å². The molecular formula is C9H20N2. The van der Waals surface area contributed by atoms with Gasteiger partial charge in [-0.05, 0) is 19.3 Å². The Hall–Kier alpha value is -0.530. The lowest BCUT2D eigenvalue weighted by Crippen LogP contribution is -2.14. The molecule has 0 aliphatic carbocycles. The molecule has 1 atom stereocenters. The summed E-state index contributed by atoms with van der Waals surface area (Å²) >= 11 is 0. The quantitative estimate of drug-likeness (QED) is 0.492. The smallest absolute Gasteiger partial charge is 0.0937 e. The standard InChI is InChI=1S/C9H20N2/c1-5-9(10)11-8(4)6-7(2)3/h7-8H,5-6H2,1-4H3,(H2,10,11). The summed E-state index contributed by atoms with van der Waals surface area (Å²) in [4.78, 5) is 4.33. The molecule has 11 heavy (non-hydrogen) atoms. The number of hydrogen-bond acceptors (Lipinski definition) is 1. The van der Waals surface area contributed by atoms with Gasteiger partial charge < -0.3 is 5.73 Å². The third kappa shape index (κ3) is 5.89. The lowest BCUT2D eigenvalue weighted by atomic mass is 10.1. The molecule has 0 aliphatic rings. The van der Waals surface area contributed by atoms with Crippen molar-refractivity contribution in [2.45, 2.75) is 46.6 Å². The first-order valence-electron chi connectivity index (χ1n) is 4.38. The first kappa shape index (κ1) is 10.5. The van der Waals surface area contributed by atoms with E-state index in [2.05, 4.69) is 25.8 Å². The van der Waals surface area contributed by atoms with Gasteiger partial charge in [0.15, 0.2) is 0 Å². The highest BCUT2D eigenvalue weighted by molar-refractivity contribution is 5.80. The normalized spacial score (nSPS) is 15.5. The highest BCUT2D eigenvalue weighted by Gasteiger charge is 2.02. The van der Waals surface area contributed by atoms with Crippen molar-refractivity contribution in [2.75, 3.05) is 0 Å². The van der Waals surface area contributed by atoms with Crippen LogP contribution >= 0.6 is 0 Å². The third-order valence-corrected chi connectivity index (χ3v) is 1.56. The first-order valence-corrected chi connectivity index (χ1v) is 4.38. The van der Waals surface area contributed by atoms with Gasteiger partial charge in [0.05, 0.1) is 5.84 Å². The lowest BCUT2D eigenvalue weighted by molar-refractivity contribution is 0.521. The Morgan fingerprint density at radius 1 is 1.36 bits per heavy atom. The number of hydrogen-bond donors (Lipinski definition) is 1. The summed E-state index contributed by atoms with van der Waals surface area (Å²) in [6.45, 7) is 8.55. The Balaban J connectivity index is 3.75. The zero-order chi connectivity index (χ0) is 8.85. The van der Waals surface area contributed by atoms with Crippen molar-refractivity contribution in [3.63, 3.8) is 0 Å². The van der Waals surface area contributed by atoms with Crippen LogP contribution in [0.2, 0.25) is 0 Å². The highest BCUT2D eigenvalue weighted by atomic mass is 14.9. The number of rotatable bonds is 4.